The van der Waals surface area contributed by atoms with E-state index in [4.69, 9.17) is 28.9 Å². The highest BCUT2D eigenvalue weighted by molar-refractivity contribution is 7.90. The van der Waals surface area contributed by atoms with Crippen molar-refractivity contribution in [1.29, 1.82) is 0 Å². The molecular weight excluding hydrogens is 1010 g/mol. The Kier molecular flexibility index (Phi) is 16.5. The summed E-state index contributed by atoms with van der Waals surface area (Å²) in [5.74, 6) is -2.49. The number of nitrogen functional groups attached to an aromatic ring is 1. The maximum atomic E-state index is 13.2. The van der Waals surface area contributed by atoms with Crippen molar-refractivity contribution in [3.8, 4) is 11.5 Å². The van der Waals surface area contributed by atoms with E-state index in [0.29, 0.717) is 39.3 Å². The molecule has 71 heavy (non-hydrogen) atoms. The summed E-state index contributed by atoms with van der Waals surface area (Å²) in [6.07, 6.45) is -1.49. The number of likely N-dealkylation sites (tertiary alicyclic amines) is 2. The van der Waals surface area contributed by atoms with Crippen molar-refractivity contribution in [2.24, 2.45) is 0 Å². The summed E-state index contributed by atoms with van der Waals surface area (Å²) in [7, 11) is -2.89. The van der Waals surface area contributed by atoms with Crippen molar-refractivity contribution in [3.05, 3.63) is 129 Å². The standard InChI is InChI=1S/C24H25ClF4N4O4S.C23H22ClF4N3O2/c1-30-38(35,36)31-21-11-20(25)22(37-24(27,28)29)10-16(21)4-9-23(34)33-18-7-8-19(33)14-32(13-18)12-15-2-5-17(26)6-3-15;24-19-10-20(29)15(9-21(19)33-23(26,27)28)3-8-22(32)31-17-6-7-18(31)13-30(12-17)11-14-1-4-16(25)5-2-14/h2-6,9-11,18-19,30-31H,7-8,12-14H2,1H3;1-5,8-10,17-18H,6-7,11-13,29H2/b9-4+;8-3+. The molecule has 8 rings (SSSR count). The molecule has 4 saturated heterocycles. The van der Waals surface area contributed by atoms with Gasteiger partial charge in [0.2, 0.25) is 11.8 Å². The Morgan fingerprint density at radius 3 is 1.44 bits per heavy atom. The molecule has 4 unspecified atom stereocenters. The smallest absolute Gasteiger partial charge is 0.404 e. The van der Waals surface area contributed by atoms with Gasteiger partial charge in [0, 0.05) is 99.4 Å². The number of nitrogens with one attached hydrogen (secondary N) is 2. The van der Waals surface area contributed by atoms with Gasteiger partial charge >= 0.3 is 12.7 Å². The number of rotatable bonds is 13. The Morgan fingerprint density at radius 1 is 0.662 bits per heavy atom. The number of halogens is 10. The molecule has 24 heteroatoms. The van der Waals surface area contributed by atoms with Gasteiger partial charge in [0.05, 0.1) is 15.7 Å². The van der Waals surface area contributed by atoms with Gasteiger partial charge in [-0.05, 0) is 97.5 Å². The predicted octanol–water partition coefficient (Wildman–Crippen LogP) is 8.99. The number of nitrogens with two attached hydrogens (primary N) is 1. The third-order valence-corrected chi connectivity index (χ3v) is 13.9. The van der Waals surface area contributed by atoms with E-state index in [1.165, 1.54) is 48.6 Å². The number of carbonyl (C=O) groups is 2. The molecule has 0 aromatic heterocycles. The Labute approximate surface area is 413 Å². The lowest BCUT2D eigenvalue weighted by Crippen LogP contribution is -2.55. The van der Waals surface area contributed by atoms with Crippen LogP contribution in [-0.2, 0) is 32.9 Å². The SMILES string of the molecule is CNS(=O)(=O)Nc1cc(Cl)c(OC(F)(F)F)cc1/C=C/C(=O)N1C2CCC1CN(Cc1ccc(F)cc1)C2.Nc1cc(Cl)c(OC(F)(F)F)cc1/C=C/C(=O)N1C2CCC1CN(Cc1ccc(F)cc1)C2. The number of hydrogen-bond donors (Lipinski definition) is 3. The lowest BCUT2D eigenvalue weighted by atomic mass is 10.1. The van der Waals surface area contributed by atoms with Gasteiger partial charge < -0.3 is 25.0 Å². The maximum absolute atomic E-state index is 13.2. The molecule has 4 fully saturated rings. The van der Waals surface area contributed by atoms with Crippen LogP contribution in [0.5, 0.6) is 11.5 Å². The van der Waals surface area contributed by atoms with Gasteiger partial charge in [0.25, 0.3) is 10.2 Å². The van der Waals surface area contributed by atoms with Crippen molar-refractivity contribution in [2.75, 3.05) is 43.7 Å². The van der Waals surface area contributed by atoms with Crippen LogP contribution in [0.15, 0.2) is 84.9 Å². The van der Waals surface area contributed by atoms with Crippen LogP contribution >= 0.6 is 23.2 Å². The molecule has 4 aliphatic heterocycles. The average molecular weight is 1060 g/mol. The first-order chi connectivity index (χ1) is 33.4. The molecule has 4 aromatic carbocycles. The van der Waals surface area contributed by atoms with Gasteiger partial charge in [-0.3, -0.25) is 24.1 Å². The second kappa shape index (κ2) is 22.0. The molecule has 0 saturated carbocycles. The fraction of sp³-hybridized carbons (Fsp3) is 0.362. The zero-order valence-corrected chi connectivity index (χ0v) is 40.0. The summed E-state index contributed by atoms with van der Waals surface area (Å²) in [6, 6.07) is 16.7. The van der Waals surface area contributed by atoms with Crippen molar-refractivity contribution < 1.29 is 62.6 Å². The number of hydrogen-bond acceptors (Lipinski definition) is 9. The largest absolute Gasteiger partial charge is 0.573 e. The zero-order chi connectivity index (χ0) is 51.4. The number of nitrogens with zero attached hydrogens (tertiary/aromatic N) is 4. The van der Waals surface area contributed by atoms with Gasteiger partial charge in [-0.1, -0.05) is 47.5 Å². The second-order valence-corrected chi connectivity index (χ2v) is 19.7. The first-order valence-corrected chi connectivity index (χ1v) is 24.3. The van der Waals surface area contributed by atoms with Gasteiger partial charge in [-0.15, -0.1) is 26.3 Å². The number of piperazine rings is 2. The molecule has 13 nitrogen and oxygen atoms in total. The van der Waals surface area contributed by atoms with Crippen LogP contribution < -0.4 is 24.7 Å². The Morgan fingerprint density at radius 2 is 1.04 bits per heavy atom. The van der Waals surface area contributed by atoms with Crippen LogP contribution in [-0.4, -0.2) is 110 Å². The second-order valence-electron chi connectivity index (χ2n) is 17.3. The number of fused-ring (bicyclic) bond motifs is 4. The highest BCUT2D eigenvalue weighted by Crippen LogP contribution is 2.38. The van der Waals surface area contributed by atoms with Crippen LogP contribution in [0.1, 0.15) is 47.9 Å². The van der Waals surface area contributed by atoms with E-state index in [-0.39, 0.29) is 75.1 Å². The van der Waals surface area contributed by atoms with Crippen molar-refractivity contribution >= 4 is 68.8 Å². The first-order valence-electron chi connectivity index (χ1n) is 22.0. The summed E-state index contributed by atoms with van der Waals surface area (Å²) >= 11 is 11.7. The number of carbonyl (C=O) groups excluding carboxylic acids is 2. The monoisotopic (exact) mass is 1060 g/mol. The molecule has 0 spiro atoms. The van der Waals surface area contributed by atoms with E-state index in [9.17, 15) is 53.1 Å². The number of alkyl halides is 6. The fourth-order valence-corrected chi connectivity index (χ4v) is 10.3. The lowest BCUT2D eigenvalue weighted by molar-refractivity contribution is -0.275. The molecule has 4 bridgehead atoms. The van der Waals surface area contributed by atoms with E-state index in [1.54, 1.807) is 29.2 Å². The minimum absolute atomic E-state index is 0.0352. The van der Waals surface area contributed by atoms with E-state index >= 15 is 0 Å². The molecule has 4 N–H and O–H groups in total. The third-order valence-electron chi connectivity index (χ3n) is 12.3. The molecule has 0 radical (unpaired) electrons. The number of benzene rings is 4. The number of ether oxygens (including phenoxy) is 2. The molecule has 4 atom stereocenters. The highest BCUT2D eigenvalue weighted by Gasteiger charge is 2.43. The quantitative estimate of drug-likeness (QED) is 0.0678. The Bertz CT molecular complexity index is 2720. The average Bonchev–Trinajstić information content (AvgIpc) is 3.72. The molecule has 4 aromatic rings. The van der Waals surface area contributed by atoms with Crippen LogP contribution in [0.2, 0.25) is 10.0 Å². The molecule has 0 aliphatic carbocycles. The fourth-order valence-electron chi connectivity index (χ4n) is 9.27. The predicted molar refractivity (Wildman–Crippen MR) is 251 cm³/mol. The van der Waals surface area contributed by atoms with E-state index in [2.05, 4.69) is 24.0 Å². The topological polar surface area (TPSA) is 150 Å². The Hall–Kier alpha value is -5.65. The summed E-state index contributed by atoms with van der Waals surface area (Å²) in [4.78, 5) is 34.1. The van der Waals surface area contributed by atoms with Gasteiger partial charge in [0.1, 0.15) is 23.1 Å². The molecule has 2 amide bonds. The van der Waals surface area contributed by atoms with Crippen molar-refractivity contribution in [3.63, 3.8) is 0 Å². The molecule has 4 aliphatic rings. The number of amides is 2. The maximum Gasteiger partial charge on any atom is 0.573 e. The van der Waals surface area contributed by atoms with E-state index in [0.717, 1.165) is 68.1 Å². The summed E-state index contributed by atoms with van der Waals surface area (Å²) in [5, 5.41) is -0.751. The highest BCUT2D eigenvalue weighted by atomic mass is 35.5. The van der Waals surface area contributed by atoms with E-state index in [1.807, 2.05) is 9.62 Å². The molecule has 4 heterocycles. The number of anilines is 2. The van der Waals surface area contributed by atoms with Gasteiger partial charge in [0.15, 0.2) is 0 Å². The van der Waals surface area contributed by atoms with Crippen LogP contribution in [0.4, 0.5) is 46.5 Å². The Balaban J connectivity index is 0.000000211. The molecule has 382 valence electrons. The van der Waals surface area contributed by atoms with E-state index < -0.39 is 39.5 Å². The molecular formula is C47H47Cl2F8N7O6S. The normalized spacial score (nSPS) is 20.6. The minimum Gasteiger partial charge on any atom is -0.404 e. The van der Waals surface area contributed by atoms with Crippen LogP contribution in [0, 0.1) is 11.6 Å². The summed E-state index contributed by atoms with van der Waals surface area (Å²) in [6.45, 7) is 3.91. The third kappa shape index (κ3) is 14.3. The summed E-state index contributed by atoms with van der Waals surface area (Å²) in [5.41, 5.74) is 7.96. The minimum atomic E-state index is -5.03. The van der Waals surface area contributed by atoms with Gasteiger partial charge in [-0.2, -0.15) is 8.42 Å². The lowest BCUT2D eigenvalue weighted by Gasteiger charge is -2.40. The van der Waals surface area contributed by atoms with Crippen molar-refractivity contribution in [2.45, 2.75) is 75.7 Å². The summed E-state index contributed by atoms with van der Waals surface area (Å²) < 4.78 is 139. The first kappa shape index (κ1) is 53.2. The van der Waals surface area contributed by atoms with Crippen LogP contribution in [0.3, 0.4) is 0 Å². The van der Waals surface area contributed by atoms with Gasteiger partial charge in [-0.25, -0.2) is 13.5 Å². The van der Waals surface area contributed by atoms with Crippen LogP contribution in [0.25, 0.3) is 12.2 Å². The zero-order valence-electron chi connectivity index (χ0n) is 37.6. The van der Waals surface area contributed by atoms with Crippen molar-refractivity contribution in [1.82, 2.24) is 24.3 Å².